The van der Waals surface area contributed by atoms with Gasteiger partial charge in [-0.15, -0.1) is 0 Å². The van der Waals surface area contributed by atoms with Gasteiger partial charge in [-0.05, 0) is 25.6 Å². The van der Waals surface area contributed by atoms with Crippen molar-refractivity contribution in [3.63, 3.8) is 0 Å². The highest BCUT2D eigenvalue weighted by atomic mass is 32.2. The lowest BCUT2D eigenvalue weighted by Crippen LogP contribution is -2.36. The zero-order valence-electron chi connectivity index (χ0n) is 14.6. The molecule has 2 unspecified atom stereocenters. The van der Waals surface area contributed by atoms with Gasteiger partial charge in [0.1, 0.15) is 18.4 Å². The number of hydrogen-bond donors (Lipinski definition) is 1. The lowest BCUT2D eigenvalue weighted by Gasteiger charge is -2.28. The van der Waals surface area contributed by atoms with Crippen molar-refractivity contribution in [3.8, 4) is 5.75 Å². The van der Waals surface area contributed by atoms with E-state index in [4.69, 9.17) is 9.47 Å². The zero-order chi connectivity index (χ0) is 18.2. The molecule has 1 N–H and O–H groups in total. The fourth-order valence-electron chi connectivity index (χ4n) is 3.29. The van der Waals surface area contributed by atoms with Crippen LogP contribution >= 0.6 is 0 Å². The van der Waals surface area contributed by atoms with Crippen LogP contribution in [-0.4, -0.2) is 72.3 Å². The van der Waals surface area contributed by atoms with Crippen molar-refractivity contribution in [1.29, 1.82) is 0 Å². The maximum absolute atomic E-state index is 12.7. The Labute approximate surface area is 147 Å². The molecule has 2 atom stereocenters. The fraction of sp³-hybridized carbons (Fsp3) is 0.562. The SMILES string of the molecule is COC(=O)C1CC(NS(=O)(=O)c2ccc3c(c2)OCCN3C)CN1C. The minimum absolute atomic E-state index is 0.158. The van der Waals surface area contributed by atoms with Gasteiger partial charge in [0.15, 0.2) is 0 Å². The van der Waals surface area contributed by atoms with Gasteiger partial charge in [0.25, 0.3) is 0 Å². The van der Waals surface area contributed by atoms with Crippen molar-refractivity contribution in [2.24, 2.45) is 0 Å². The number of rotatable bonds is 4. The van der Waals surface area contributed by atoms with E-state index in [0.717, 1.165) is 12.2 Å². The number of hydrogen-bond acceptors (Lipinski definition) is 7. The van der Waals surface area contributed by atoms with E-state index in [1.807, 2.05) is 11.9 Å². The molecule has 8 nitrogen and oxygen atoms in total. The summed E-state index contributed by atoms with van der Waals surface area (Å²) in [5.74, 6) is 0.210. The fourth-order valence-corrected chi connectivity index (χ4v) is 4.54. The number of sulfonamides is 1. The summed E-state index contributed by atoms with van der Waals surface area (Å²) in [5, 5.41) is 0. The van der Waals surface area contributed by atoms with E-state index in [0.29, 0.717) is 25.3 Å². The Balaban J connectivity index is 1.76. The van der Waals surface area contributed by atoms with Gasteiger partial charge < -0.3 is 14.4 Å². The Hall–Kier alpha value is -1.84. The Kier molecular flexibility index (Phi) is 4.90. The van der Waals surface area contributed by atoms with Crippen molar-refractivity contribution in [2.45, 2.75) is 23.4 Å². The van der Waals surface area contributed by atoms with Crippen LogP contribution in [0.5, 0.6) is 5.75 Å². The summed E-state index contributed by atoms with van der Waals surface area (Å²) in [7, 11) is 1.35. The molecular weight excluding hydrogens is 346 g/mol. The first-order chi connectivity index (χ1) is 11.8. The third-order valence-electron chi connectivity index (χ3n) is 4.68. The molecule has 2 heterocycles. The highest BCUT2D eigenvalue weighted by molar-refractivity contribution is 7.89. The summed E-state index contributed by atoms with van der Waals surface area (Å²) < 4.78 is 38.4. The minimum atomic E-state index is -3.70. The first-order valence-electron chi connectivity index (χ1n) is 8.10. The smallest absolute Gasteiger partial charge is 0.323 e. The Bertz CT molecular complexity index is 767. The second-order valence-corrected chi connectivity index (χ2v) is 8.15. The molecule has 0 aliphatic carbocycles. The summed E-state index contributed by atoms with van der Waals surface area (Å²) in [6.07, 6.45) is 0.382. The Morgan fingerprint density at radius 3 is 2.84 bits per heavy atom. The van der Waals surface area contributed by atoms with E-state index < -0.39 is 16.1 Å². The number of benzene rings is 1. The van der Waals surface area contributed by atoms with Crippen molar-refractivity contribution < 1.29 is 22.7 Å². The monoisotopic (exact) mass is 369 g/mol. The summed E-state index contributed by atoms with van der Waals surface area (Å²) in [5.41, 5.74) is 0.872. The van der Waals surface area contributed by atoms with Gasteiger partial charge >= 0.3 is 5.97 Å². The molecule has 0 spiro atoms. The first-order valence-corrected chi connectivity index (χ1v) is 9.58. The second kappa shape index (κ2) is 6.81. The van der Waals surface area contributed by atoms with Crippen molar-refractivity contribution in [2.75, 3.05) is 45.8 Å². The molecule has 1 fully saturated rings. The number of nitrogens with zero attached hydrogens (tertiary/aromatic N) is 2. The second-order valence-electron chi connectivity index (χ2n) is 6.43. The predicted octanol–water partition coefficient (Wildman–Crippen LogP) is 0.0392. The lowest BCUT2D eigenvalue weighted by molar-refractivity contribution is -0.145. The number of ether oxygens (including phenoxy) is 2. The summed E-state index contributed by atoms with van der Waals surface area (Å²) in [6.45, 7) is 1.73. The Morgan fingerprint density at radius 2 is 2.12 bits per heavy atom. The van der Waals surface area contributed by atoms with Crippen LogP contribution in [0.3, 0.4) is 0 Å². The molecule has 25 heavy (non-hydrogen) atoms. The van der Waals surface area contributed by atoms with Crippen LogP contribution in [0.1, 0.15) is 6.42 Å². The maximum atomic E-state index is 12.7. The molecule has 0 bridgehead atoms. The number of fused-ring (bicyclic) bond motifs is 1. The summed E-state index contributed by atoms with van der Waals surface area (Å²) >= 11 is 0. The highest BCUT2D eigenvalue weighted by Gasteiger charge is 2.37. The first kappa shape index (κ1) is 18.0. The highest BCUT2D eigenvalue weighted by Crippen LogP contribution is 2.33. The van der Waals surface area contributed by atoms with Crippen molar-refractivity contribution in [3.05, 3.63) is 18.2 Å². The maximum Gasteiger partial charge on any atom is 0.323 e. The number of methoxy groups -OCH3 is 1. The third-order valence-corrected chi connectivity index (χ3v) is 6.20. The minimum Gasteiger partial charge on any atom is -0.490 e. The largest absolute Gasteiger partial charge is 0.490 e. The van der Waals surface area contributed by atoms with Gasteiger partial charge in [-0.3, -0.25) is 9.69 Å². The molecule has 3 rings (SSSR count). The lowest BCUT2D eigenvalue weighted by atomic mass is 10.2. The van der Waals surface area contributed by atoms with Gasteiger partial charge in [-0.2, -0.15) is 0 Å². The van der Waals surface area contributed by atoms with Gasteiger partial charge in [0.05, 0.1) is 24.2 Å². The molecule has 1 saturated heterocycles. The molecule has 1 aromatic carbocycles. The molecule has 0 amide bonds. The van der Waals surface area contributed by atoms with Crippen molar-refractivity contribution >= 4 is 21.7 Å². The van der Waals surface area contributed by atoms with Gasteiger partial charge in [-0.1, -0.05) is 0 Å². The average Bonchev–Trinajstić information content (AvgIpc) is 2.93. The van der Waals surface area contributed by atoms with Gasteiger partial charge in [0.2, 0.25) is 10.0 Å². The molecule has 1 aromatic rings. The zero-order valence-corrected chi connectivity index (χ0v) is 15.4. The number of likely N-dealkylation sites (tertiary alicyclic amines) is 1. The molecule has 2 aliphatic heterocycles. The van der Waals surface area contributed by atoms with Crippen molar-refractivity contribution in [1.82, 2.24) is 9.62 Å². The van der Waals surface area contributed by atoms with Crippen LogP contribution in [-0.2, 0) is 19.6 Å². The van der Waals surface area contributed by atoms with Crippen LogP contribution in [0, 0.1) is 0 Å². The summed E-state index contributed by atoms with van der Waals surface area (Å²) in [4.78, 5) is 15.7. The molecule has 138 valence electrons. The quantitative estimate of drug-likeness (QED) is 0.750. The number of esters is 1. The molecular formula is C16H23N3O5S. The van der Waals surface area contributed by atoms with Crippen LogP contribution in [0.15, 0.2) is 23.1 Å². The topological polar surface area (TPSA) is 88.2 Å². The van der Waals surface area contributed by atoms with Crippen LogP contribution in [0.25, 0.3) is 0 Å². The average molecular weight is 369 g/mol. The van der Waals surface area contributed by atoms with Crippen LogP contribution < -0.4 is 14.4 Å². The van der Waals surface area contributed by atoms with Gasteiger partial charge in [-0.25, -0.2) is 13.1 Å². The van der Waals surface area contributed by atoms with E-state index in [9.17, 15) is 13.2 Å². The molecule has 2 aliphatic rings. The van der Waals surface area contributed by atoms with Crippen LogP contribution in [0.4, 0.5) is 5.69 Å². The van der Waals surface area contributed by atoms with E-state index in [2.05, 4.69) is 4.72 Å². The number of carbonyl (C=O) groups excluding carboxylic acids is 1. The number of nitrogens with one attached hydrogen (secondary N) is 1. The third kappa shape index (κ3) is 3.58. The standard InChI is InChI=1S/C16H23N3O5S/c1-18-6-7-24-15-9-12(4-5-13(15)18)25(21,22)17-11-8-14(16(20)23-3)19(2)10-11/h4-5,9,11,14,17H,6-8,10H2,1-3H3. The Morgan fingerprint density at radius 1 is 1.36 bits per heavy atom. The normalized spacial score (nSPS) is 23.9. The van der Waals surface area contributed by atoms with E-state index >= 15 is 0 Å². The summed E-state index contributed by atoms with van der Waals surface area (Å²) in [6, 6.07) is 4.09. The molecule has 0 saturated carbocycles. The van der Waals surface area contributed by atoms with E-state index in [1.54, 1.807) is 30.1 Å². The molecule has 0 aromatic heterocycles. The van der Waals surface area contributed by atoms with Crippen LogP contribution in [0.2, 0.25) is 0 Å². The van der Waals surface area contributed by atoms with E-state index in [1.165, 1.54) is 7.11 Å². The van der Waals surface area contributed by atoms with Gasteiger partial charge in [0, 0.05) is 25.7 Å². The number of carbonyl (C=O) groups is 1. The molecule has 0 radical (unpaired) electrons. The predicted molar refractivity (Wildman–Crippen MR) is 92.4 cm³/mol. The number of anilines is 1. The number of likely N-dealkylation sites (N-methyl/N-ethyl adjacent to an activating group) is 2. The van der Waals surface area contributed by atoms with E-state index in [-0.39, 0.29) is 16.9 Å². The molecule has 9 heteroatoms.